The number of nitrogens with zero attached hydrogens (tertiary/aromatic N) is 1. The summed E-state index contributed by atoms with van der Waals surface area (Å²) in [7, 11) is 0. The lowest BCUT2D eigenvalue weighted by Crippen LogP contribution is -2.16. The van der Waals surface area contributed by atoms with Crippen molar-refractivity contribution in [3.05, 3.63) is 42.0 Å². The molecule has 0 aliphatic carbocycles. The Labute approximate surface area is 123 Å². The van der Waals surface area contributed by atoms with Crippen molar-refractivity contribution in [3.8, 4) is 17.1 Å². The van der Waals surface area contributed by atoms with Gasteiger partial charge in [-0.2, -0.15) is 0 Å². The molecule has 2 heterocycles. The number of carbonyl (C=O) groups excluding carboxylic acids is 1. The van der Waals surface area contributed by atoms with Crippen molar-refractivity contribution in [1.29, 1.82) is 0 Å². The number of carbonyl (C=O) groups is 1. The van der Waals surface area contributed by atoms with Crippen LogP contribution in [0.3, 0.4) is 0 Å². The van der Waals surface area contributed by atoms with Crippen molar-refractivity contribution in [2.45, 2.75) is 13.5 Å². The number of hydrogen-bond acceptors (Lipinski definition) is 4. The number of aromatic nitrogens is 1. The quantitative estimate of drug-likeness (QED) is 0.887. The first-order chi connectivity index (χ1) is 10.2. The van der Waals surface area contributed by atoms with Gasteiger partial charge in [-0.15, -0.1) is 0 Å². The molecule has 0 fully saturated rings. The van der Waals surface area contributed by atoms with Gasteiger partial charge >= 0.3 is 0 Å². The van der Waals surface area contributed by atoms with Gasteiger partial charge in [-0.25, -0.2) is 4.98 Å². The van der Waals surface area contributed by atoms with Crippen molar-refractivity contribution in [3.63, 3.8) is 0 Å². The van der Waals surface area contributed by atoms with E-state index in [-0.39, 0.29) is 5.91 Å². The number of amides is 1. The van der Waals surface area contributed by atoms with E-state index >= 15 is 0 Å². The van der Waals surface area contributed by atoms with Gasteiger partial charge in [0.2, 0.25) is 11.8 Å². The highest BCUT2D eigenvalue weighted by atomic mass is 16.5. The van der Waals surface area contributed by atoms with E-state index in [1.165, 1.54) is 6.92 Å². The molecule has 1 aromatic carbocycles. The molecule has 1 amide bonds. The second-order valence-electron chi connectivity index (χ2n) is 4.95. The standard InChI is InChI=1S/C16H17N3O2/c1-11(20)18-14-4-2-3-12(9-14)15-6-5-13-10-17-7-8-21-16(13)19-15/h2-6,9,17H,7-8,10H2,1H3,(H,18,20). The predicted octanol–water partition coefficient (Wildman–Crippen LogP) is 2.19. The van der Waals surface area contributed by atoms with E-state index in [4.69, 9.17) is 4.74 Å². The lowest BCUT2D eigenvalue weighted by Gasteiger charge is -2.09. The molecule has 2 aromatic rings. The average molecular weight is 283 g/mol. The van der Waals surface area contributed by atoms with E-state index in [9.17, 15) is 4.79 Å². The minimum atomic E-state index is -0.0866. The molecule has 0 unspecified atom stereocenters. The van der Waals surface area contributed by atoms with E-state index in [0.717, 1.165) is 35.6 Å². The molecular formula is C16H17N3O2. The second-order valence-corrected chi connectivity index (χ2v) is 4.95. The minimum Gasteiger partial charge on any atom is -0.476 e. The highest BCUT2D eigenvalue weighted by Crippen LogP contribution is 2.26. The second kappa shape index (κ2) is 5.93. The largest absolute Gasteiger partial charge is 0.476 e. The molecule has 0 bridgehead atoms. The van der Waals surface area contributed by atoms with Gasteiger partial charge < -0.3 is 15.4 Å². The van der Waals surface area contributed by atoms with Crippen molar-refractivity contribution in [2.24, 2.45) is 0 Å². The van der Waals surface area contributed by atoms with Gasteiger partial charge in [0.15, 0.2) is 0 Å². The number of ether oxygens (including phenoxy) is 1. The van der Waals surface area contributed by atoms with Gasteiger partial charge in [-0.3, -0.25) is 4.79 Å². The highest BCUT2D eigenvalue weighted by Gasteiger charge is 2.11. The molecule has 1 aliphatic heterocycles. The summed E-state index contributed by atoms with van der Waals surface area (Å²) in [6.07, 6.45) is 0. The van der Waals surface area contributed by atoms with Crippen LogP contribution >= 0.6 is 0 Å². The predicted molar refractivity (Wildman–Crippen MR) is 81.2 cm³/mol. The van der Waals surface area contributed by atoms with E-state index in [1.54, 1.807) is 0 Å². The van der Waals surface area contributed by atoms with Gasteiger partial charge in [0.1, 0.15) is 6.61 Å². The molecule has 0 radical (unpaired) electrons. The van der Waals surface area contributed by atoms with Crippen LogP contribution in [0.15, 0.2) is 36.4 Å². The maximum atomic E-state index is 11.1. The lowest BCUT2D eigenvalue weighted by molar-refractivity contribution is -0.114. The van der Waals surface area contributed by atoms with Crippen molar-refractivity contribution in [2.75, 3.05) is 18.5 Å². The fourth-order valence-corrected chi connectivity index (χ4v) is 2.29. The van der Waals surface area contributed by atoms with Crippen LogP contribution in [0.4, 0.5) is 5.69 Å². The summed E-state index contributed by atoms with van der Waals surface area (Å²) in [6.45, 7) is 3.71. The number of benzene rings is 1. The van der Waals surface area contributed by atoms with Gasteiger partial charge in [0.05, 0.1) is 5.69 Å². The summed E-state index contributed by atoms with van der Waals surface area (Å²) >= 11 is 0. The number of pyridine rings is 1. The number of hydrogen-bond donors (Lipinski definition) is 2. The molecule has 0 saturated heterocycles. The Bertz CT molecular complexity index is 670. The van der Waals surface area contributed by atoms with Crippen LogP contribution in [-0.2, 0) is 11.3 Å². The monoisotopic (exact) mass is 283 g/mol. The number of fused-ring (bicyclic) bond motifs is 1. The van der Waals surface area contributed by atoms with Crippen molar-refractivity contribution >= 4 is 11.6 Å². The molecule has 1 aromatic heterocycles. The average Bonchev–Trinajstić information content (AvgIpc) is 2.71. The molecular weight excluding hydrogens is 266 g/mol. The molecule has 2 N–H and O–H groups in total. The zero-order valence-electron chi connectivity index (χ0n) is 11.8. The first-order valence-electron chi connectivity index (χ1n) is 6.94. The van der Waals surface area contributed by atoms with Gasteiger partial charge in [-0.05, 0) is 18.2 Å². The highest BCUT2D eigenvalue weighted by molar-refractivity contribution is 5.89. The molecule has 5 heteroatoms. The van der Waals surface area contributed by atoms with E-state index in [0.29, 0.717) is 12.5 Å². The molecule has 21 heavy (non-hydrogen) atoms. The Kier molecular flexibility index (Phi) is 3.83. The first kappa shape index (κ1) is 13.6. The summed E-state index contributed by atoms with van der Waals surface area (Å²) in [6, 6.07) is 11.6. The van der Waals surface area contributed by atoms with E-state index < -0.39 is 0 Å². The van der Waals surface area contributed by atoms with E-state index in [2.05, 4.69) is 15.6 Å². The maximum Gasteiger partial charge on any atom is 0.221 e. The van der Waals surface area contributed by atoms with Crippen LogP contribution in [-0.4, -0.2) is 24.0 Å². The Balaban J connectivity index is 1.93. The molecule has 0 saturated carbocycles. The van der Waals surface area contributed by atoms with Gasteiger partial charge in [0, 0.05) is 36.8 Å². The maximum absolute atomic E-state index is 11.1. The SMILES string of the molecule is CC(=O)Nc1cccc(-c2ccc3c(n2)OCCNC3)c1. The van der Waals surface area contributed by atoms with Crippen LogP contribution in [0.2, 0.25) is 0 Å². The van der Waals surface area contributed by atoms with Crippen LogP contribution in [0.25, 0.3) is 11.3 Å². The fourth-order valence-electron chi connectivity index (χ4n) is 2.29. The summed E-state index contributed by atoms with van der Waals surface area (Å²) in [5.74, 6) is 0.596. The summed E-state index contributed by atoms with van der Waals surface area (Å²) in [5.41, 5.74) is 3.61. The normalized spacial score (nSPS) is 13.8. The Morgan fingerprint density at radius 1 is 1.33 bits per heavy atom. The molecule has 1 aliphatic rings. The van der Waals surface area contributed by atoms with Crippen LogP contribution in [0.5, 0.6) is 5.88 Å². The van der Waals surface area contributed by atoms with Crippen LogP contribution < -0.4 is 15.4 Å². The molecule has 5 nitrogen and oxygen atoms in total. The Morgan fingerprint density at radius 2 is 2.24 bits per heavy atom. The molecule has 3 rings (SSSR count). The summed E-state index contributed by atoms with van der Waals surface area (Å²) in [5, 5.41) is 6.06. The third-order valence-corrected chi connectivity index (χ3v) is 3.25. The zero-order chi connectivity index (χ0) is 14.7. The topological polar surface area (TPSA) is 63.2 Å². The molecule has 0 spiro atoms. The van der Waals surface area contributed by atoms with Crippen molar-refractivity contribution in [1.82, 2.24) is 10.3 Å². The first-order valence-corrected chi connectivity index (χ1v) is 6.94. The van der Waals surface area contributed by atoms with Gasteiger partial charge in [-0.1, -0.05) is 18.2 Å². The lowest BCUT2D eigenvalue weighted by atomic mass is 10.1. The Hall–Kier alpha value is -2.40. The number of anilines is 1. The number of rotatable bonds is 2. The number of nitrogens with one attached hydrogen (secondary N) is 2. The van der Waals surface area contributed by atoms with Crippen LogP contribution in [0, 0.1) is 0 Å². The third-order valence-electron chi connectivity index (χ3n) is 3.25. The van der Waals surface area contributed by atoms with Gasteiger partial charge in [0.25, 0.3) is 0 Å². The third kappa shape index (κ3) is 3.20. The smallest absolute Gasteiger partial charge is 0.221 e. The minimum absolute atomic E-state index is 0.0866. The summed E-state index contributed by atoms with van der Waals surface area (Å²) in [4.78, 5) is 15.7. The molecule has 108 valence electrons. The Morgan fingerprint density at radius 3 is 3.10 bits per heavy atom. The van der Waals surface area contributed by atoms with Crippen LogP contribution in [0.1, 0.15) is 12.5 Å². The van der Waals surface area contributed by atoms with E-state index in [1.807, 2.05) is 36.4 Å². The summed E-state index contributed by atoms with van der Waals surface area (Å²) < 4.78 is 5.66. The fraction of sp³-hybridized carbons (Fsp3) is 0.250. The molecule has 0 atom stereocenters. The zero-order valence-corrected chi connectivity index (χ0v) is 11.8. The van der Waals surface area contributed by atoms with Crippen molar-refractivity contribution < 1.29 is 9.53 Å².